The van der Waals surface area contributed by atoms with Crippen molar-refractivity contribution in [1.82, 2.24) is 30.1 Å². The molecule has 0 radical (unpaired) electrons. The fraction of sp³-hybridized carbons (Fsp3) is 0.407. The predicted octanol–water partition coefficient (Wildman–Crippen LogP) is 2.67. The standard InChI is InChI=1S/C27H34N6O2/c34-27(31-26-11-7-17-35-22-26)21-33(20-25-10-3-6-14-30-25)16-15-32(18-23-8-1-4-12-28-23)19-24-9-2-5-13-29-24/h1-6,8-10,12-14,26H,7,11,15-22H2,(H,31,34). The summed E-state index contributed by atoms with van der Waals surface area (Å²) in [5.41, 5.74) is 2.96. The molecule has 3 aromatic rings. The lowest BCUT2D eigenvalue weighted by Gasteiger charge is -2.28. The molecule has 8 heteroatoms. The molecular formula is C27H34N6O2. The monoisotopic (exact) mass is 474 g/mol. The molecule has 8 nitrogen and oxygen atoms in total. The Morgan fingerprint density at radius 3 is 1.86 bits per heavy atom. The minimum Gasteiger partial charge on any atom is -0.379 e. The summed E-state index contributed by atoms with van der Waals surface area (Å²) < 4.78 is 5.52. The van der Waals surface area contributed by atoms with Crippen molar-refractivity contribution in [2.45, 2.75) is 38.5 Å². The van der Waals surface area contributed by atoms with Gasteiger partial charge in [0, 0.05) is 57.9 Å². The Bertz CT molecular complexity index is 958. The highest BCUT2D eigenvalue weighted by molar-refractivity contribution is 5.78. The molecule has 1 atom stereocenters. The van der Waals surface area contributed by atoms with E-state index < -0.39 is 0 Å². The molecule has 4 rings (SSSR count). The van der Waals surface area contributed by atoms with Crippen LogP contribution in [0.4, 0.5) is 0 Å². The van der Waals surface area contributed by atoms with E-state index in [1.807, 2.05) is 67.0 Å². The number of carbonyl (C=O) groups is 1. The molecular weight excluding hydrogens is 440 g/mol. The quantitative estimate of drug-likeness (QED) is 0.432. The van der Waals surface area contributed by atoms with Crippen molar-refractivity contribution in [3.8, 4) is 0 Å². The second-order valence-corrected chi connectivity index (χ2v) is 8.87. The lowest BCUT2D eigenvalue weighted by Crippen LogP contribution is -2.46. The number of ether oxygens (including phenoxy) is 1. The Kier molecular flexibility index (Phi) is 9.70. The number of hydrogen-bond acceptors (Lipinski definition) is 7. The molecule has 0 saturated carbocycles. The van der Waals surface area contributed by atoms with Gasteiger partial charge < -0.3 is 10.1 Å². The smallest absolute Gasteiger partial charge is 0.234 e. The number of nitrogens with zero attached hydrogens (tertiary/aromatic N) is 5. The predicted molar refractivity (Wildman–Crippen MR) is 134 cm³/mol. The summed E-state index contributed by atoms with van der Waals surface area (Å²) in [5, 5.41) is 3.14. The Morgan fingerprint density at radius 1 is 0.829 bits per heavy atom. The molecule has 0 spiro atoms. The van der Waals surface area contributed by atoms with Gasteiger partial charge in [0.1, 0.15) is 0 Å². The third kappa shape index (κ3) is 8.83. The molecule has 0 aliphatic carbocycles. The van der Waals surface area contributed by atoms with Crippen molar-refractivity contribution < 1.29 is 9.53 Å². The van der Waals surface area contributed by atoms with E-state index >= 15 is 0 Å². The molecule has 1 fully saturated rings. The highest BCUT2D eigenvalue weighted by Gasteiger charge is 2.19. The van der Waals surface area contributed by atoms with Crippen LogP contribution in [0.1, 0.15) is 29.9 Å². The van der Waals surface area contributed by atoms with Crippen LogP contribution in [0.3, 0.4) is 0 Å². The van der Waals surface area contributed by atoms with Crippen molar-refractivity contribution >= 4 is 5.91 Å². The normalized spacial score (nSPS) is 15.9. The maximum absolute atomic E-state index is 12.9. The Labute approximate surface area is 207 Å². The summed E-state index contributed by atoms with van der Waals surface area (Å²) in [7, 11) is 0. The highest BCUT2D eigenvalue weighted by atomic mass is 16.5. The summed E-state index contributed by atoms with van der Waals surface area (Å²) in [5.74, 6) is 0.0254. The van der Waals surface area contributed by atoms with Gasteiger partial charge in [-0.05, 0) is 49.2 Å². The van der Waals surface area contributed by atoms with Gasteiger partial charge >= 0.3 is 0 Å². The molecule has 1 amide bonds. The van der Waals surface area contributed by atoms with Crippen LogP contribution >= 0.6 is 0 Å². The van der Waals surface area contributed by atoms with Crippen molar-refractivity contribution in [3.05, 3.63) is 90.3 Å². The maximum Gasteiger partial charge on any atom is 0.234 e. The van der Waals surface area contributed by atoms with Gasteiger partial charge in [-0.15, -0.1) is 0 Å². The molecule has 1 unspecified atom stereocenters. The maximum atomic E-state index is 12.9. The number of carbonyl (C=O) groups excluding carboxylic acids is 1. The van der Waals surface area contributed by atoms with Gasteiger partial charge in [0.25, 0.3) is 0 Å². The first kappa shape index (κ1) is 24.9. The van der Waals surface area contributed by atoms with E-state index in [0.717, 1.165) is 43.1 Å². The van der Waals surface area contributed by atoms with Crippen LogP contribution < -0.4 is 5.32 Å². The fourth-order valence-corrected chi connectivity index (χ4v) is 4.20. The van der Waals surface area contributed by atoms with Crippen LogP contribution in [-0.2, 0) is 29.2 Å². The summed E-state index contributed by atoms with van der Waals surface area (Å²) in [6, 6.07) is 17.9. The van der Waals surface area contributed by atoms with Crippen LogP contribution in [0.15, 0.2) is 73.2 Å². The van der Waals surface area contributed by atoms with Gasteiger partial charge in [0.2, 0.25) is 5.91 Å². The summed E-state index contributed by atoms with van der Waals surface area (Å²) in [6.45, 7) is 5.19. The van der Waals surface area contributed by atoms with E-state index in [9.17, 15) is 4.79 Å². The second-order valence-electron chi connectivity index (χ2n) is 8.87. The average molecular weight is 475 g/mol. The first-order valence-corrected chi connectivity index (χ1v) is 12.3. The minimum atomic E-state index is 0.0254. The van der Waals surface area contributed by atoms with Crippen LogP contribution in [-0.4, -0.2) is 69.5 Å². The molecule has 4 heterocycles. The van der Waals surface area contributed by atoms with E-state index in [0.29, 0.717) is 39.3 Å². The van der Waals surface area contributed by atoms with Crippen LogP contribution in [0, 0.1) is 0 Å². The Balaban J connectivity index is 1.41. The minimum absolute atomic E-state index is 0.0254. The van der Waals surface area contributed by atoms with Gasteiger partial charge in [-0.2, -0.15) is 0 Å². The molecule has 184 valence electrons. The lowest BCUT2D eigenvalue weighted by molar-refractivity contribution is -0.124. The van der Waals surface area contributed by atoms with Gasteiger partial charge in [-0.3, -0.25) is 29.5 Å². The largest absolute Gasteiger partial charge is 0.379 e. The molecule has 0 aromatic carbocycles. The second kappa shape index (κ2) is 13.6. The number of pyridine rings is 3. The first-order valence-electron chi connectivity index (χ1n) is 12.3. The topological polar surface area (TPSA) is 83.5 Å². The number of hydrogen-bond donors (Lipinski definition) is 1. The number of aromatic nitrogens is 3. The van der Waals surface area contributed by atoms with E-state index in [1.54, 1.807) is 6.20 Å². The lowest BCUT2D eigenvalue weighted by atomic mass is 10.1. The van der Waals surface area contributed by atoms with Crippen molar-refractivity contribution in [3.63, 3.8) is 0 Å². The zero-order chi connectivity index (χ0) is 24.1. The van der Waals surface area contributed by atoms with E-state index in [2.05, 4.69) is 30.1 Å². The summed E-state index contributed by atoms with van der Waals surface area (Å²) in [4.78, 5) is 30.8. The van der Waals surface area contributed by atoms with Crippen LogP contribution in [0.25, 0.3) is 0 Å². The number of amides is 1. The van der Waals surface area contributed by atoms with Gasteiger partial charge in [0.05, 0.1) is 36.3 Å². The molecule has 1 aliphatic rings. The van der Waals surface area contributed by atoms with Crippen molar-refractivity contribution in [1.29, 1.82) is 0 Å². The molecule has 3 aromatic heterocycles. The van der Waals surface area contributed by atoms with Crippen LogP contribution in [0.5, 0.6) is 0 Å². The van der Waals surface area contributed by atoms with Gasteiger partial charge in [-0.25, -0.2) is 0 Å². The Hall–Kier alpha value is -3.20. The fourth-order valence-electron chi connectivity index (χ4n) is 4.20. The summed E-state index contributed by atoms with van der Waals surface area (Å²) in [6.07, 6.45) is 7.38. The highest BCUT2D eigenvalue weighted by Crippen LogP contribution is 2.10. The van der Waals surface area contributed by atoms with E-state index in [1.165, 1.54) is 0 Å². The molecule has 1 N–H and O–H groups in total. The molecule has 35 heavy (non-hydrogen) atoms. The van der Waals surface area contributed by atoms with Crippen LogP contribution in [0.2, 0.25) is 0 Å². The third-order valence-corrected chi connectivity index (χ3v) is 5.96. The SMILES string of the molecule is O=C(CN(CCN(Cc1ccccn1)Cc1ccccn1)Cc1ccccn1)NC1CCCOC1. The summed E-state index contributed by atoms with van der Waals surface area (Å²) >= 11 is 0. The van der Waals surface area contributed by atoms with E-state index in [-0.39, 0.29) is 11.9 Å². The first-order chi connectivity index (χ1) is 17.2. The molecule has 0 bridgehead atoms. The Morgan fingerprint density at radius 2 is 1.37 bits per heavy atom. The number of nitrogens with one attached hydrogen (secondary N) is 1. The molecule has 1 saturated heterocycles. The molecule has 1 aliphatic heterocycles. The number of rotatable bonds is 12. The zero-order valence-corrected chi connectivity index (χ0v) is 20.1. The van der Waals surface area contributed by atoms with Crippen molar-refractivity contribution in [2.24, 2.45) is 0 Å². The zero-order valence-electron chi connectivity index (χ0n) is 20.1. The van der Waals surface area contributed by atoms with E-state index in [4.69, 9.17) is 4.74 Å². The average Bonchev–Trinajstić information content (AvgIpc) is 2.89. The van der Waals surface area contributed by atoms with Gasteiger partial charge in [-0.1, -0.05) is 18.2 Å². The third-order valence-electron chi connectivity index (χ3n) is 5.96. The van der Waals surface area contributed by atoms with Gasteiger partial charge in [0.15, 0.2) is 0 Å². The van der Waals surface area contributed by atoms with Crippen molar-refractivity contribution in [2.75, 3.05) is 32.8 Å².